The maximum Gasteiger partial charge on any atom is 0.0439 e. The second-order valence-electron chi connectivity index (χ2n) is 4.17. The zero-order valence-electron chi connectivity index (χ0n) is 9.30. The van der Waals surface area contributed by atoms with E-state index in [4.69, 9.17) is 0 Å². The quantitative estimate of drug-likeness (QED) is 0.723. The maximum absolute atomic E-state index is 2.28. The Hall–Kier alpha value is -1.34. The van der Waals surface area contributed by atoms with Crippen LogP contribution < -0.4 is 0 Å². The first-order chi connectivity index (χ1) is 7.29. The highest BCUT2D eigenvalue weighted by atomic mass is 15.1. The minimum absolute atomic E-state index is 0.446. The first-order valence-corrected chi connectivity index (χ1v) is 5.35. The Morgan fingerprint density at radius 2 is 1.60 bits per heavy atom. The van der Waals surface area contributed by atoms with E-state index in [0.717, 1.165) is 0 Å². The molecule has 1 aromatic carbocycles. The Balaban J connectivity index is 2.28. The van der Waals surface area contributed by atoms with Gasteiger partial charge in [-0.25, -0.2) is 0 Å². The van der Waals surface area contributed by atoms with Crippen molar-refractivity contribution in [3.63, 3.8) is 0 Å². The van der Waals surface area contributed by atoms with Gasteiger partial charge in [-0.1, -0.05) is 54.6 Å². The third kappa shape index (κ3) is 2.18. The summed E-state index contributed by atoms with van der Waals surface area (Å²) in [5, 5.41) is 0. The van der Waals surface area contributed by atoms with Gasteiger partial charge in [0, 0.05) is 12.0 Å². The Morgan fingerprint density at radius 1 is 1.00 bits per heavy atom. The normalized spacial score (nSPS) is 17.5. The minimum atomic E-state index is 0.446. The largest absolute Gasteiger partial charge is 0.301 e. The zero-order chi connectivity index (χ0) is 10.7. The number of benzene rings is 1. The van der Waals surface area contributed by atoms with Crippen LogP contribution in [-0.2, 0) is 0 Å². The van der Waals surface area contributed by atoms with Gasteiger partial charge in [-0.05, 0) is 19.7 Å². The fourth-order valence-electron chi connectivity index (χ4n) is 2.17. The zero-order valence-corrected chi connectivity index (χ0v) is 9.30. The van der Waals surface area contributed by atoms with Gasteiger partial charge in [-0.2, -0.15) is 0 Å². The fraction of sp³-hybridized carbons (Fsp3) is 0.286. The molecule has 0 saturated heterocycles. The van der Waals surface area contributed by atoms with Gasteiger partial charge < -0.3 is 4.90 Å². The summed E-state index contributed by atoms with van der Waals surface area (Å²) in [6.45, 7) is 0. The molecule has 0 N–H and O–H groups in total. The lowest BCUT2D eigenvalue weighted by Gasteiger charge is -2.28. The van der Waals surface area contributed by atoms with Crippen molar-refractivity contribution in [1.82, 2.24) is 4.90 Å². The molecular weight excluding hydrogens is 182 g/mol. The van der Waals surface area contributed by atoms with Crippen molar-refractivity contribution in [2.24, 2.45) is 5.92 Å². The third-order valence-corrected chi connectivity index (χ3v) is 2.84. The Kier molecular flexibility index (Phi) is 3.02. The predicted molar refractivity (Wildman–Crippen MR) is 64.6 cm³/mol. The molecule has 0 aliphatic heterocycles. The molecule has 1 aliphatic carbocycles. The van der Waals surface area contributed by atoms with Gasteiger partial charge in [0.25, 0.3) is 0 Å². The summed E-state index contributed by atoms with van der Waals surface area (Å²) in [4.78, 5) is 2.28. The van der Waals surface area contributed by atoms with Crippen LogP contribution in [0.5, 0.6) is 0 Å². The lowest BCUT2D eigenvalue weighted by Crippen LogP contribution is -2.25. The Labute approximate surface area is 91.7 Å². The van der Waals surface area contributed by atoms with E-state index in [2.05, 4.69) is 73.6 Å². The highest BCUT2D eigenvalue weighted by molar-refractivity contribution is 5.27. The highest BCUT2D eigenvalue weighted by Gasteiger charge is 2.21. The van der Waals surface area contributed by atoms with E-state index < -0.39 is 0 Å². The van der Waals surface area contributed by atoms with E-state index in [9.17, 15) is 0 Å². The smallest absolute Gasteiger partial charge is 0.0439 e. The molecule has 1 atom stereocenters. The summed E-state index contributed by atoms with van der Waals surface area (Å²) < 4.78 is 0. The first-order valence-electron chi connectivity index (χ1n) is 5.35. The maximum atomic E-state index is 2.28. The lowest BCUT2D eigenvalue weighted by atomic mass is 9.93. The number of hydrogen-bond acceptors (Lipinski definition) is 1. The van der Waals surface area contributed by atoms with Crippen LogP contribution in [-0.4, -0.2) is 19.0 Å². The predicted octanol–water partition coefficient (Wildman–Crippen LogP) is 3.03. The molecule has 2 rings (SSSR count). The van der Waals surface area contributed by atoms with Gasteiger partial charge in [-0.15, -0.1) is 0 Å². The average molecular weight is 199 g/mol. The second-order valence-corrected chi connectivity index (χ2v) is 4.17. The molecule has 0 radical (unpaired) electrons. The molecule has 0 bridgehead atoms. The summed E-state index contributed by atoms with van der Waals surface area (Å²) in [5.74, 6) is 0.502. The van der Waals surface area contributed by atoms with Gasteiger partial charge in [0.05, 0.1) is 0 Å². The first kappa shape index (κ1) is 10.2. The molecule has 0 saturated carbocycles. The molecule has 0 spiro atoms. The summed E-state index contributed by atoms with van der Waals surface area (Å²) >= 11 is 0. The summed E-state index contributed by atoms with van der Waals surface area (Å²) in [5.41, 5.74) is 1.38. The van der Waals surface area contributed by atoms with E-state index in [0.29, 0.717) is 12.0 Å². The van der Waals surface area contributed by atoms with Crippen molar-refractivity contribution in [3.05, 3.63) is 60.2 Å². The van der Waals surface area contributed by atoms with E-state index in [1.165, 1.54) is 5.56 Å². The topological polar surface area (TPSA) is 3.24 Å². The van der Waals surface area contributed by atoms with Crippen LogP contribution in [0.2, 0.25) is 0 Å². The van der Waals surface area contributed by atoms with Gasteiger partial charge in [-0.3, -0.25) is 0 Å². The number of nitrogens with zero attached hydrogens (tertiary/aromatic N) is 1. The minimum Gasteiger partial charge on any atom is -0.301 e. The molecule has 78 valence electrons. The van der Waals surface area contributed by atoms with Gasteiger partial charge >= 0.3 is 0 Å². The van der Waals surface area contributed by atoms with E-state index in [-0.39, 0.29) is 0 Å². The van der Waals surface area contributed by atoms with Crippen LogP contribution in [0.15, 0.2) is 54.6 Å². The van der Waals surface area contributed by atoms with Crippen LogP contribution in [0, 0.1) is 5.92 Å². The SMILES string of the molecule is CN(C)C(c1ccccc1)C1C=CC=C1. The van der Waals surface area contributed by atoms with Gasteiger partial charge in [0.2, 0.25) is 0 Å². The molecule has 0 heterocycles. The molecule has 0 fully saturated rings. The van der Waals surface area contributed by atoms with E-state index in [1.807, 2.05) is 0 Å². The Bertz CT molecular complexity index is 350. The molecule has 15 heavy (non-hydrogen) atoms. The second kappa shape index (κ2) is 4.45. The van der Waals surface area contributed by atoms with Gasteiger partial charge in [0.1, 0.15) is 0 Å². The van der Waals surface area contributed by atoms with Crippen molar-refractivity contribution < 1.29 is 0 Å². The third-order valence-electron chi connectivity index (χ3n) is 2.84. The van der Waals surface area contributed by atoms with Crippen molar-refractivity contribution in [2.45, 2.75) is 6.04 Å². The highest BCUT2D eigenvalue weighted by Crippen LogP contribution is 2.30. The molecule has 1 heteroatoms. The standard InChI is InChI=1S/C14H17N/c1-15(2)14(13-10-6-7-11-13)12-8-4-3-5-9-12/h3-11,13-14H,1-2H3. The fourth-order valence-corrected chi connectivity index (χ4v) is 2.17. The van der Waals surface area contributed by atoms with Crippen molar-refractivity contribution >= 4 is 0 Å². The summed E-state index contributed by atoms with van der Waals surface area (Å²) in [6.07, 6.45) is 8.78. The summed E-state index contributed by atoms with van der Waals surface area (Å²) in [7, 11) is 4.27. The number of rotatable bonds is 3. The lowest BCUT2D eigenvalue weighted by molar-refractivity contribution is 0.267. The van der Waals surface area contributed by atoms with E-state index >= 15 is 0 Å². The van der Waals surface area contributed by atoms with Crippen molar-refractivity contribution in [2.75, 3.05) is 14.1 Å². The molecule has 0 aromatic heterocycles. The molecule has 1 nitrogen and oxygen atoms in total. The number of hydrogen-bond donors (Lipinski definition) is 0. The van der Waals surface area contributed by atoms with Gasteiger partial charge in [0.15, 0.2) is 0 Å². The van der Waals surface area contributed by atoms with Crippen molar-refractivity contribution in [1.29, 1.82) is 0 Å². The van der Waals surface area contributed by atoms with Crippen LogP contribution in [0.3, 0.4) is 0 Å². The molecule has 1 aliphatic rings. The van der Waals surface area contributed by atoms with Crippen LogP contribution in [0.25, 0.3) is 0 Å². The molecule has 0 amide bonds. The molecule has 1 unspecified atom stereocenters. The van der Waals surface area contributed by atoms with E-state index in [1.54, 1.807) is 0 Å². The van der Waals surface area contributed by atoms with Crippen LogP contribution in [0.4, 0.5) is 0 Å². The number of allylic oxidation sites excluding steroid dienone is 2. The summed E-state index contributed by atoms with van der Waals surface area (Å²) in [6, 6.07) is 11.1. The Morgan fingerprint density at radius 3 is 2.13 bits per heavy atom. The molecular formula is C14H17N. The monoisotopic (exact) mass is 199 g/mol. The average Bonchev–Trinajstić information content (AvgIpc) is 2.72. The van der Waals surface area contributed by atoms with Crippen molar-refractivity contribution in [3.8, 4) is 0 Å². The molecule has 1 aromatic rings. The van der Waals surface area contributed by atoms with Crippen LogP contribution in [0.1, 0.15) is 11.6 Å². The van der Waals surface area contributed by atoms with Crippen LogP contribution >= 0.6 is 0 Å².